The predicted octanol–water partition coefficient (Wildman–Crippen LogP) is 2.79. The zero-order valence-corrected chi connectivity index (χ0v) is 11.3. The lowest BCUT2D eigenvalue weighted by Crippen LogP contribution is -2.22. The van der Waals surface area contributed by atoms with Gasteiger partial charge in [-0.1, -0.05) is 19.9 Å². The Bertz CT molecular complexity index is 347. The van der Waals surface area contributed by atoms with Gasteiger partial charge in [0.1, 0.15) is 0 Å². The maximum Gasteiger partial charge on any atom is 0.0522 e. The molecule has 1 N–H and O–H groups in total. The topological polar surface area (TPSA) is 23.5 Å². The summed E-state index contributed by atoms with van der Waals surface area (Å²) < 4.78 is 1.06. The molecular weight excluding hydrogens is 254 g/mol. The fourth-order valence-electron chi connectivity index (χ4n) is 1.38. The standard InChI is InChI=1S/C12H18BrNO/c1-12(2,8-15)9-5-6-11(14(3)4)10(13)7-9/h5-7,15H,8H2,1-4H3. The molecule has 0 unspecified atom stereocenters. The quantitative estimate of drug-likeness (QED) is 0.914. The molecule has 0 aliphatic heterocycles. The molecule has 0 aromatic heterocycles. The Hall–Kier alpha value is -0.540. The summed E-state index contributed by atoms with van der Waals surface area (Å²) in [5, 5.41) is 9.29. The maximum absolute atomic E-state index is 9.29. The van der Waals surface area contributed by atoms with Crippen molar-refractivity contribution in [3.8, 4) is 0 Å². The van der Waals surface area contributed by atoms with Crippen molar-refractivity contribution >= 4 is 21.6 Å². The molecule has 15 heavy (non-hydrogen) atoms. The van der Waals surface area contributed by atoms with Gasteiger partial charge in [-0.25, -0.2) is 0 Å². The molecule has 0 atom stereocenters. The number of nitrogens with zero attached hydrogens (tertiary/aromatic N) is 1. The van der Waals surface area contributed by atoms with Crippen LogP contribution in [0.4, 0.5) is 5.69 Å². The summed E-state index contributed by atoms with van der Waals surface area (Å²) in [6.07, 6.45) is 0. The van der Waals surface area contributed by atoms with Gasteiger partial charge in [-0.15, -0.1) is 0 Å². The second-order valence-electron chi connectivity index (χ2n) is 4.60. The van der Waals surface area contributed by atoms with Crippen molar-refractivity contribution in [2.45, 2.75) is 19.3 Å². The molecule has 0 amide bonds. The minimum atomic E-state index is -0.187. The van der Waals surface area contributed by atoms with Crippen LogP contribution in [0.2, 0.25) is 0 Å². The van der Waals surface area contributed by atoms with E-state index in [1.54, 1.807) is 0 Å². The number of benzene rings is 1. The van der Waals surface area contributed by atoms with Crippen LogP contribution in [0.3, 0.4) is 0 Å². The van der Waals surface area contributed by atoms with Crippen molar-refractivity contribution in [2.24, 2.45) is 0 Å². The highest BCUT2D eigenvalue weighted by atomic mass is 79.9. The van der Waals surface area contributed by atoms with Gasteiger partial charge in [-0.05, 0) is 33.6 Å². The van der Waals surface area contributed by atoms with Crippen LogP contribution < -0.4 is 4.90 Å². The van der Waals surface area contributed by atoms with Gasteiger partial charge in [0.2, 0.25) is 0 Å². The van der Waals surface area contributed by atoms with Crippen LogP contribution >= 0.6 is 15.9 Å². The third kappa shape index (κ3) is 2.73. The molecule has 0 bridgehead atoms. The first-order valence-electron chi connectivity index (χ1n) is 4.96. The summed E-state index contributed by atoms with van der Waals surface area (Å²) in [6.45, 7) is 4.22. The van der Waals surface area contributed by atoms with E-state index >= 15 is 0 Å². The number of halogens is 1. The van der Waals surface area contributed by atoms with Crippen molar-refractivity contribution in [2.75, 3.05) is 25.6 Å². The molecule has 0 saturated heterocycles. The third-order valence-electron chi connectivity index (χ3n) is 2.61. The normalized spacial score (nSPS) is 11.6. The Balaban J connectivity index is 3.12. The van der Waals surface area contributed by atoms with Crippen LogP contribution in [0.25, 0.3) is 0 Å². The number of hydrogen-bond donors (Lipinski definition) is 1. The molecule has 0 spiro atoms. The van der Waals surface area contributed by atoms with Crippen molar-refractivity contribution in [1.82, 2.24) is 0 Å². The fourth-order valence-corrected chi connectivity index (χ4v) is 2.12. The van der Waals surface area contributed by atoms with Gasteiger partial charge >= 0.3 is 0 Å². The van der Waals surface area contributed by atoms with E-state index in [2.05, 4.69) is 39.0 Å². The zero-order valence-electron chi connectivity index (χ0n) is 9.71. The van der Waals surface area contributed by atoms with Crippen molar-refractivity contribution in [3.05, 3.63) is 28.2 Å². The first-order valence-corrected chi connectivity index (χ1v) is 5.76. The maximum atomic E-state index is 9.29. The average molecular weight is 272 g/mol. The summed E-state index contributed by atoms with van der Waals surface area (Å²) in [4.78, 5) is 2.06. The van der Waals surface area contributed by atoms with Crippen LogP contribution in [0.15, 0.2) is 22.7 Å². The lowest BCUT2D eigenvalue weighted by atomic mass is 9.85. The predicted molar refractivity (Wildman–Crippen MR) is 68.6 cm³/mol. The van der Waals surface area contributed by atoms with E-state index in [1.807, 2.05) is 27.9 Å². The minimum Gasteiger partial charge on any atom is -0.395 e. The molecule has 0 aliphatic rings. The fraction of sp³-hybridized carbons (Fsp3) is 0.500. The molecule has 2 nitrogen and oxygen atoms in total. The van der Waals surface area contributed by atoms with Gasteiger partial charge in [0.05, 0.1) is 12.3 Å². The van der Waals surface area contributed by atoms with E-state index in [4.69, 9.17) is 0 Å². The monoisotopic (exact) mass is 271 g/mol. The smallest absolute Gasteiger partial charge is 0.0522 e. The third-order valence-corrected chi connectivity index (χ3v) is 3.24. The van der Waals surface area contributed by atoms with Crippen LogP contribution in [0.5, 0.6) is 0 Å². The van der Waals surface area contributed by atoms with Gasteiger partial charge in [0.15, 0.2) is 0 Å². The highest BCUT2D eigenvalue weighted by Gasteiger charge is 2.20. The molecule has 0 aliphatic carbocycles. The summed E-state index contributed by atoms with van der Waals surface area (Å²) in [7, 11) is 4.02. The molecule has 0 heterocycles. The van der Waals surface area contributed by atoms with Gasteiger partial charge in [0.25, 0.3) is 0 Å². The van der Waals surface area contributed by atoms with Gasteiger partial charge in [-0.3, -0.25) is 0 Å². The van der Waals surface area contributed by atoms with Gasteiger partial charge < -0.3 is 10.0 Å². The Labute approximate surface area is 100 Å². The molecule has 0 saturated carbocycles. The summed E-state index contributed by atoms with van der Waals surface area (Å²) in [5.41, 5.74) is 2.10. The number of anilines is 1. The van der Waals surface area contributed by atoms with Gasteiger partial charge in [-0.2, -0.15) is 0 Å². The molecule has 3 heteroatoms. The first kappa shape index (κ1) is 12.5. The molecule has 1 rings (SSSR count). The lowest BCUT2D eigenvalue weighted by Gasteiger charge is -2.24. The summed E-state index contributed by atoms with van der Waals surface area (Å²) >= 11 is 3.55. The highest BCUT2D eigenvalue weighted by Crippen LogP contribution is 2.31. The lowest BCUT2D eigenvalue weighted by molar-refractivity contribution is 0.218. The van der Waals surface area contributed by atoms with E-state index in [0.29, 0.717) is 0 Å². The van der Waals surface area contributed by atoms with Crippen LogP contribution in [0, 0.1) is 0 Å². The van der Waals surface area contributed by atoms with E-state index in [-0.39, 0.29) is 12.0 Å². The SMILES string of the molecule is CN(C)c1ccc(C(C)(C)CO)cc1Br. The van der Waals surface area contributed by atoms with Crippen LogP contribution in [-0.4, -0.2) is 25.8 Å². The Morgan fingerprint density at radius 3 is 2.33 bits per heavy atom. The molecule has 0 radical (unpaired) electrons. The molecular formula is C12H18BrNO. The van der Waals surface area contributed by atoms with Crippen LogP contribution in [-0.2, 0) is 5.41 Å². The Morgan fingerprint density at radius 1 is 1.33 bits per heavy atom. The summed E-state index contributed by atoms with van der Waals surface area (Å²) in [6, 6.07) is 6.21. The summed E-state index contributed by atoms with van der Waals surface area (Å²) in [5.74, 6) is 0. The highest BCUT2D eigenvalue weighted by molar-refractivity contribution is 9.10. The molecule has 1 aromatic rings. The van der Waals surface area contributed by atoms with E-state index in [9.17, 15) is 5.11 Å². The second-order valence-corrected chi connectivity index (χ2v) is 5.46. The number of aliphatic hydroxyl groups is 1. The molecule has 84 valence electrons. The molecule has 0 fully saturated rings. The van der Waals surface area contributed by atoms with Crippen LogP contribution in [0.1, 0.15) is 19.4 Å². The first-order chi connectivity index (χ1) is 6.88. The zero-order chi connectivity index (χ0) is 11.6. The second kappa shape index (κ2) is 4.54. The van der Waals surface area contributed by atoms with Crippen molar-refractivity contribution in [3.63, 3.8) is 0 Å². The average Bonchev–Trinajstić information content (AvgIpc) is 2.17. The Kier molecular flexibility index (Phi) is 3.79. The van der Waals surface area contributed by atoms with E-state index in [1.165, 1.54) is 0 Å². The van der Waals surface area contributed by atoms with E-state index < -0.39 is 0 Å². The van der Waals surface area contributed by atoms with Crippen molar-refractivity contribution in [1.29, 1.82) is 0 Å². The minimum absolute atomic E-state index is 0.154. The largest absolute Gasteiger partial charge is 0.395 e. The number of hydrogen-bond acceptors (Lipinski definition) is 2. The number of rotatable bonds is 3. The number of aliphatic hydroxyl groups excluding tert-OH is 1. The van der Waals surface area contributed by atoms with Crippen molar-refractivity contribution < 1.29 is 5.11 Å². The van der Waals surface area contributed by atoms with Gasteiger partial charge in [0, 0.05) is 24.0 Å². The van der Waals surface area contributed by atoms with E-state index in [0.717, 1.165) is 15.7 Å². The molecule has 1 aromatic carbocycles. The Morgan fingerprint density at radius 2 is 1.93 bits per heavy atom.